The second-order valence-corrected chi connectivity index (χ2v) is 9.94. The molecule has 0 heterocycles. The number of hydrogen-bond acceptors (Lipinski definition) is 5. The van der Waals surface area contributed by atoms with Gasteiger partial charge in [0.1, 0.15) is 6.10 Å². The lowest BCUT2D eigenvalue weighted by molar-refractivity contribution is -0.305. The molecule has 0 radical (unpaired) electrons. The molecule has 3 fully saturated rings. The molecule has 0 amide bonds. The van der Waals surface area contributed by atoms with Crippen LogP contribution in [0.2, 0.25) is 0 Å². The van der Waals surface area contributed by atoms with Gasteiger partial charge in [-0.25, -0.2) is 0 Å². The molecule has 0 saturated heterocycles. The fourth-order valence-corrected chi connectivity index (χ4v) is 7.13. The molecule has 0 aliphatic heterocycles. The summed E-state index contributed by atoms with van der Waals surface area (Å²) in [6, 6.07) is 0. The van der Waals surface area contributed by atoms with Gasteiger partial charge in [0.15, 0.2) is 5.78 Å². The molecule has 0 N–H and O–H groups in total. The van der Waals surface area contributed by atoms with E-state index < -0.39 is 11.9 Å². The van der Waals surface area contributed by atoms with Crippen molar-refractivity contribution in [3.05, 3.63) is 11.6 Å². The molecule has 3 saturated carbocycles. The molecule has 0 aromatic rings. The maximum atomic E-state index is 12.1. The number of rotatable bonds is 4. The van der Waals surface area contributed by atoms with E-state index >= 15 is 0 Å². The van der Waals surface area contributed by atoms with Crippen LogP contribution in [0.3, 0.4) is 0 Å². The van der Waals surface area contributed by atoms with Crippen molar-refractivity contribution in [1.29, 1.82) is 0 Å². The first-order valence-corrected chi connectivity index (χ1v) is 10.9. The average Bonchev–Trinajstić information content (AvgIpc) is 2.97. The monoisotopic (exact) mass is 387 g/mol. The van der Waals surface area contributed by atoms with E-state index in [-0.39, 0.29) is 35.6 Å². The van der Waals surface area contributed by atoms with Crippen LogP contribution in [0.5, 0.6) is 0 Å². The lowest BCUT2D eigenvalue weighted by Crippen LogP contribution is -2.51. The first kappa shape index (κ1) is 19.7. The summed E-state index contributed by atoms with van der Waals surface area (Å²) in [6.07, 6.45) is 9.35. The van der Waals surface area contributed by atoms with Crippen molar-refractivity contribution >= 4 is 17.7 Å². The zero-order chi connectivity index (χ0) is 20.1. The summed E-state index contributed by atoms with van der Waals surface area (Å²) in [5.41, 5.74) is 1.51. The zero-order valence-electron chi connectivity index (χ0n) is 17.0. The SMILES string of the molecule is C[C@]12CC[C@@H]3[C@H](CCC4=CC(=O)CC[C@@]43C)[C@@H]1CC[C@@H]2OC(=O)CCC(=O)[O-]. The van der Waals surface area contributed by atoms with Crippen LogP contribution in [0.15, 0.2) is 11.6 Å². The lowest BCUT2D eigenvalue weighted by Gasteiger charge is -2.57. The molecule has 5 nitrogen and oxygen atoms in total. The van der Waals surface area contributed by atoms with Gasteiger partial charge in [0.05, 0.1) is 6.42 Å². The van der Waals surface area contributed by atoms with Crippen molar-refractivity contribution < 1.29 is 24.2 Å². The van der Waals surface area contributed by atoms with Crippen LogP contribution in [0.4, 0.5) is 0 Å². The van der Waals surface area contributed by atoms with E-state index in [0.29, 0.717) is 24.2 Å². The van der Waals surface area contributed by atoms with E-state index in [2.05, 4.69) is 13.8 Å². The van der Waals surface area contributed by atoms with E-state index in [0.717, 1.165) is 44.9 Å². The average molecular weight is 387 g/mol. The van der Waals surface area contributed by atoms with Crippen LogP contribution in [0.1, 0.15) is 78.1 Å². The summed E-state index contributed by atoms with van der Waals surface area (Å²) in [4.78, 5) is 34.7. The van der Waals surface area contributed by atoms with Gasteiger partial charge in [-0.15, -0.1) is 0 Å². The van der Waals surface area contributed by atoms with Gasteiger partial charge < -0.3 is 14.6 Å². The molecule has 0 spiro atoms. The van der Waals surface area contributed by atoms with Crippen molar-refractivity contribution in [2.45, 2.75) is 84.2 Å². The topological polar surface area (TPSA) is 83.5 Å². The first-order chi connectivity index (χ1) is 13.2. The number of carboxylic acid groups (broad SMARTS) is 1. The molecular formula is C23H31O5-. The van der Waals surface area contributed by atoms with Gasteiger partial charge in [0.2, 0.25) is 0 Å². The molecule has 0 unspecified atom stereocenters. The molecular weight excluding hydrogens is 356 g/mol. The number of esters is 1. The molecule has 0 aromatic carbocycles. The Labute approximate surface area is 166 Å². The lowest BCUT2D eigenvalue weighted by atomic mass is 9.47. The molecule has 0 bridgehead atoms. The Kier molecular flexibility index (Phi) is 4.91. The van der Waals surface area contributed by atoms with Gasteiger partial charge in [-0.2, -0.15) is 0 Å². The summed E-state index contributed by atoms with van der Waals surface area (Å²) in [5, 5.41) is 10.6. The van der Waals surface area contributed by atoms with E-state index in [9.17, 15) is 19.5 Å². The number of allylic oxidation sites excluding steroid dienone is 1. The maximum absolute atomic E-state index is 12.1. The third-order valence-electron chi connectivity index (χ3n) is 8.68. The fraction of sp³-hybridized carbons (Fsp3) is 0.783. The number of carbonyl (C=O) groups is 3. The Hall–Kier alpha value is -1.65. The summed E-state index contributed by atoms with van der Waals surface area (Å²) < 4.78 is 5.77. The third kappa shape index (κ3) is 3.11. The Morgan fingerprint density at radius 3 is 2.61 bits per heavy atom. The minimum Gasteiger partial charge on any atom is -0.550 e. The largest absolute Gasteiger partial charge is 0.550 e. The number of carbonyl (C=O) groups excluding carboxylic acids is 3. The number of carboxylic acids is 1. The minimum absolute atomic E-state index is 0.0135. The standard InChI is InChI=1S/C23H32O5/c1-22-11-9-15(24)13-14(22)3-4-16-17-5-6-19(23(17,2)12-10-18(16)22)28-21(27)8-7-20(25)26/h13,16-19H,3-12H2,1-2H3,(H,25,26)/p-1/t16-,17+,18-,19+,22+,23+/m1/s1. The van der Waals surface area contributed by atoms with E-state index in [1.807, 2.05) is 6.08 Å². The predicted octanol–water partition coefficient (Wildman–Crippen LogP) is 2.96. The zero-order valence-corrected chi connectivity index (χ0v) is 17.0. The molecule has 0 aromatic heterocycles. The second kappa shape index (κ2) is 7.00. The van der Waals surface area contributed by atoms with Gasteiger partial charge in [-0.3, -0.25) is 9.59 Å². The van der Waals surface area contributed by atoms with Gasteiger partial charge in [0, 0.05) is 17.8 Å². The number of ketones is 1. The molecule has 4 aliphatic rings. The quantitative estimate of drug-likeness (QED) is 0.693. The molecule has 154 valence electrons. The van der Waals surface area contributed by atoms with Gasteiger partial charge in [-0.1, -0.05) is 19.4 Å². The number of ether oxygens (including phenoxy) is 1. The van der Waals surface area contributed by atoms with Crippen LogP contribution >= 0.6 is 0 Å². The predicted molar refractivity (Wildman–Crippen MR) is 101 cm³/mol. The van der Waals surface area contributed by atoms with Crippen LogP contribution in [0, 0.1) is 28.6 Å². The minimum atomic E-state index is -1.21. The maximum Gasteiger partial charge on any atom is 0.306 e. The summed E-state index contributed by atoms with van der Waals surface area (Å²) in [7, 11) is 0. The molecule has 5 heteroatoms. The summed E-state index contributed by atoms with van der Waals surface area (Å²) in [5.74, 6) is 0.451. The van der Waals surface area contributed by atoms with Crippen LogP contribution in [-0.4, -0.2) is 23.8 Å². The summed E-state index contributed by atoms with van der Waals surface area (Å²) in [6.45, 7) is 4.65. The third-order valence-corrected chi connectivity index (χ3v) is 8.68. The number of hydrogen-bond donors (Lipinski definition) is 0. The van der Waals surface area contributed by atoms with Crippen LogP contribution in [0.25, 0.3) is 0 Å². The molecule has 4 rings (SSSR count). The van der Waals surface area contributed by atoms with Crippen molar-refractivity contribution in [3.63, 3.8) is 0 Å². The van der Waals surface area contributed by atoms with E-state index in [4.69, 9.17) is 4.74 Å². The van der Waals surface area contributed by atoms with Crippen molar-refractivity contribution in [1.82, 2.24) is 0 Å². The van der Waals surface area contributed by atoms with Crippen molar-refractivity contribution in [2.24, 2.45) is 28.6 Å². The first-order valence-electron chi connectivity index (χ1n) is 10.9. The highest BCUT2D eigenvalue weighted by atomic mass is 16.5. The highest BCUT2D eigenvalue weighted by Crippen LogP contribution is 2.65. The molecule has 6 atom stereocenters. The Balaban J connectivity index is 1.49. The van der Waals surface area contributed by atoms with Gasteiger partial charge >= 0.3 is 5.97 Å². The van der Waals surface area contributed by atoms with E-state index in [1.54, 1.807) is 0 Å². The second-order valence-electron chi connectivity index (χ2n) is 9.94. The smallest absolute Gasteiger partial charge is 0.306 e. The van der Waals surface area contributed by atoms with E-state index in [1.165, 1.54) is 5.57 Å². The Morgan fingerprint density at radius 2 is 1.86 bits per heavy atom. The van der Waals surface area contributed by atoms with Gasteiger partial charge in [0.25, 0.3) is 0 Å². The highest BCUT2D eigenvalue weighted by Gasteiger charge is 2.59. The molecule has 28 heavy (non-hydrogen) atoms. The Bertz CT molecular complexity index is 725. The van der Waals surface area contributed by atoms with Crippen LogP contribution in [-0.2, 0) is 19.1 Å². The fourth-order valence-electron chi connectivity index (χ4n) is 7.13. The molecule has 4 aliphatic carbocycles. The number of fused-ring (bicyclic) bond motifs is 5. The van der Waals surface area contributed by atoms with Crippen molar-refractivity contribution in [3.8, 4) is 0 Å². The number of aliphatic carboxylic acids is 1. The van der Waals surface area contributed by atoms with Crippen molar-refractivity contribution in [2.75, 3.05) is 0 Å². The normalized spacial score (nSPS) is 42.1. The summed E-state index contributed by atoms with van der Waals surface area (Å²) >= 11 is 0. The van der Waals surface area contributed by atoms with Gasteiger partial charge in [-0.05, 0) is 80.6 Å². The van der Waals surface area contributed by atoms with Crippen LogP contribution < -0.4 is 5.11 Å². The Morgan fingerprint density at radius 1 is 1.07 bits per heavy atom. The highest BCUT2D eigenvalue weighted by molar-refractivity contribution is 5.91.